The van der Waals surface area contributed by atoms with Gasteiger partial charge in [-0.2, -0.15) is 0 Å². The van der Waals surface area contributed by atoms with E-state index in [1.165, 1.54) is 218 Å². The van der Waals surface area contributed by atoms with Gasteiger partial charge in [0, 0.05) is 19.3 Å². The number of hydrogen-bond donors (Lipinski definition) is 0. The highest BCUT2D eigenvalue weighted by atomic mass is 16.6. The fraction of sp³-hybridized carbons (Fsp3) is 0.800. The van der Waals surface area contributed by atoms with E-state index >= 15 is 0 Å². The van der Waals surface area contributed by atoms with Gasteiger partial charge in [-0.15, -0.1) is 0 Å². The van der Waals surface area contributed by atoms with Crippen LogP contribution in [0.5, 0.6) is 0 Å². The van der Waals surface area contributed by atoms with Crippen molar-refractivity contribution >= 4 is 17.9 Å². The summed E-state index contributed by atoms with van der Waals surface area (Å²) in [6.07, 6.45) is 90.7. The minimum atomic E-state index is -0.788. The van der Waals surface area contributed by atoms with Crippen molar-refractivity contribution in [1.29, 1.82) is 0 Å². The van der Waals surface area contributed by atoms with Crippen LogP contribution in [0.15, 0.2) is 72.9 Å². The summed E-state index contributed by atoms with van der Waals surface area (Å²) in [5.74, 6) is -0.882. The summed E-state index contributed by atoms with van der Waals surface area (Å²) < 4.78 is 17.0. The zero-order valence-corrected chi connectivity index (χ0v) is 54.1. The standard InChI is InChI=1S/C75H134O6/c1-4-7-10-13-16-19-22-25-28-30-32-34-36-37-39-40-42-44-47-50-53-56-59-62-65-68-74(77)80-71-72(70-79-73(76)67-64-61-58-55-52-49-46-27-24-21-18-15-12-9-6-3)81-75(78)69-66-63-60-57-54-51-48-45-43-41-38-35-33-31-29-26-23-20-17-14-11-8-5-2/h8,11,17,20,26,29,33,35,41,43,48,51,72H,4-7,9-10,12-16,18-19,21-25,27-28,30-32,34,36-40,42,44-47,49-50,52-71H2,1-3H3/b11-8-,20-17-,29-26-,35-33-,43-41-,51-48-. The van der Waals surface area contributed by atoms with Crippen molar-refractivity contribution in [2.45, 2.75) is 374 Å². The fourth-order valence-electron chi connectivity index (χ4n) is 10.5. The predicted molar refractivity (Wildman–Crippen MR) is 353 cm³/mol. The molecule has 6 heteroatoms. The molecule has 0 aromatic carbocycles. The zero-order valence-electron chi connectivity index (χ0n) is 54.1. The molecule has 0 aliphatic heterocycles. The molecule has 470 valence electrons. The minimum absolute atomic E-state index is 0.0811. The van der Waals surface area contributed by atoms with Crippen molar-refractivity contribution in [2.24, 2.45) is 0 Å². The summed E-state index contributed by atoms with van der Waals surface area (Å²) in [5.41, 5.74) is 0. The highest BCUT2D eigenvalue weighted by Crippen LogP contribution is 2.18. The first-order valence-electron chi connectivity index (χ1n) is 35.4. The second kappa shape index (κ2) is 69.3. The average molecular weight is 1130 g/mol. The fourth-order valence-corrected chi connectivity index (χ4v) is 10.5. The van der Waals surface area contributed by atoms with Crippen molar-refractivity contribution in [3.63, 3.8) is 0 Å². The van der Waals surface area contributed by atoms with E-state index in [1.54, 1.807) is 0 Å². The molecular weight excluding hydrogens is 997 g/mol. The summed E-state index contributed by atoms with van der Waals surface area (Å²) in [4.78, 5) is 38.5. The van der Waals surface area contributed by atoms with Gasteiger partial charge in [0.2, 0.25) is 0 Å². The Morgan fingerprint density at radius 3 is 0.753 bits per heavy atom. The molecule has 1 atom stereocenters. The monoisotopic (exact) mass is 1130 g/mol. The van der Waals surface area contributed by atoms with Gasteiger partial charge in [0.05, 0.1) is 0 Å². The van der Waals surface area contributed by atoms with Crippen LogP contribution in [-0.4, -0.2) is 37.2 Å². The molecule has 0 aromatic rings. The van der Waals surface area contributed by atoms with E-state index in [4.69, 9.17) is 14.2 Å². The molecule has 0 aliphatic rings. The van der Waals surface area contributed by atoms with E-state index < -0.39 is 6.10 Å². The number of carbonyl (C=O) groups excluding carboxylic acids is 3. The first-order valence-corrected chi connectivity index (χ1v) is 35.4. The minimum Gasteiger partial charge on any atom is -0.462 e. The molecule has 1 unspecified atom stereocenters. The Labute approximate surface area is 503 Å². The van der Waals surface area contributed by atoms with Crippen LogP contribution < -0.4 is 0 Å². The summed E-state index contributed by atoms with van der Waals surface area (Å²) >= 11 is 0. The van der Waals surface area contributed by atoms with E-state index in [0.717, 1.165) is 109 Å². The molecule has 0 saturated carbocycles. The molecule has 0 bridgehead atoms. The van der Waals surface area contributed by atoms with E-state index in [-0.39, 0.29) is 31.1 Å². The van der Waals surface area contributed by atoms with Gasteiger partial charge in [0.1, 0.15) is 13.2 Å². The Kier molecular flexibility index (Phi) is 66.6. The molecule has 0 fully saturated rings. The van der Waals surface area contributed by atoms with Crippen LogP contribution in [-0.2, 0) is 28.6 Å². The molecule has 81 heavy (non-hydrogen) atoms. The molecular formula is C75H134O6. The SMILES string of the molecule is CC/C=C\C/C=C\C/C=C\C/C=C\C/C=C\C/C=C\CCCCCCC(=O)OC(COC(=O)CCCCCCCCCCCCCCCCC)COC(=O)CCCCCCCCCCCCCCCCCCCCCCCCCCC. The first kappa shape index (κ1) is 77.9. The van der Waals surface area contributed by atoms with Crippen LogP contribution in [0.4, 0.5) is 0 Å². The maximum absolute atomic E-state index is 13.0. The molecule has 0 heterocycles. The Bertz CT molecular complexity index is 1490. The van der Waals surface area contributed by atoms with E-state index in [0.29, 0.717) is 19.3 Å². The van der Waals surface area contributed by atoms with E-state index in [9.17, 15) is 14.4 Å². The van der Waals surface area contributed by atoms with Gasteiger partial charge in [-0.3, -0.25) is 14.4 Å². The van der Waals surface area contributed by atoms with Gasteiger partial charge in [-0.25, -0.2) is 0 Å². The Morgan fingerprint density at radius 2 is 0.481 bits per heavy atom. The maximum atomic E-state index is 13.0. The van der Waals surface area contributed by atoms with Crippen LogP contribution >= 0.6 is 0 Å². The molecule has 0 amide bonds. The lowest BCUT2D eigenvalue weighted by atomic mass is 10.0. The molecule has 0 spiro atoms. The number of ether oxygens (including phenoxy) is 3. The summed E-state index contributed by atoms with van der Waals surface area (Å²) in [7, 11) is 0. The van der Waals surface area contributed by atoms with Crippen molar-refractivity contribution in [2.75, 3.05) is 13.2 Å². The molecule has 6 nitrogen and oxygen atoms in total. The van der Waals surface area contributed by atoms with Crippen LogP contribution in [0.1, 0.15) is 367 Å². The molecule has 0 rings (SSSR count). The topological polar surface area (TPSA) is 78.9 Å². The first-order chi connectivity index (χ1) is 40.0. The van der Waals surface area contributed by atoms with Gasteiger partial charge in [-0.1, -0.05) is 351 Å². The third-order valence-electron chi connectivity index (χ3n) is 15.7. The Balaban J connectivity index is 4.34. The summed E-state index contributed by atoms with van der Waals surface area (Å²) in [6.45, 7) is 6.57. The lowest BCUT2D eigenvalue weighted by Gasteiger charge is -2.18. The number of hydrogen-bond acceptors (Lipinski definition) is 6. The Morgan fingerprint density at radius 1 is 0.259 bits per heavy atom. The van der Waals surface area contributed by atoms with Crippen molar-refractivity contribution < 1.29 is 28.6 Å². The van der Waals surface area contributed by atoms with Crippen molar-refractivity contribution in [1.82, 2.24) is 0 Å². The highest BCUT2D eigenvalue weighted by Gasteiger charge is 2.19. The second-order valence-corrected chi connectivity index (χ2v) is 23.8. The molecule has 0 saturated heterocycles. The zero-order chi connectivity index (χ0) is 58.5. The number of esters is 3. The average Bonchev–Trinajstić information content (AvgIpc) is 3.47. The normalized spacial score (nSPS) is 12.5. The largest absolute Gasteiger partial charge is 0.462 e. The van der Waals surface area contributed by atoms with Crippen LogP contribution in [0.25, 0.3) is 0 Å². The number of allylic oxidation sites excluding steroid dienone is 12. The molecule has 0 radical (unpaired) electrons. The number of rotatable bonds is 65. The quantitative estimate of drug-likeness (QED) is 0.0261. The van der Waals surface area contributed by atoms with Crippen LogP contribution in [0.2, 0.25) is 0 Å². The summed E-state index contributed by atoms with van der Waals surface area (Å²) in [5, 5.41) is 0. The van der Waals surface area contributed by atoms with E-state index in [1.807, 2.05) is 0 Å². The van der Waals surface area contributed by atoms with Crippen LogP contribution in [0.3, 0.4) is 0 Å². The smallest absolute Gasteiger partial charge is 0.306 e. The number of unbranched alkanes of at least 4 members (excludes halogenated alkanes) is 42. The van der Waals surface area contributed by atoms with Gasteiger partial charge >= 0.3 is 17.9 Å². The maximum Gasteiger partial charge on any atom is 0.306 e. The molecule has 0 aromatic heterocycles. The van der Waals surface area contributed by atoms with Crippen molar-refractivity contribution in [3.05, 3.63) is 72.9 Å². The third kappa shape index (κ3) is 67.5. The molecule has 0 N–H and O–H groups in total. The third-order valence-corrected chi connectivity index (χ3v) is 15.7. The predicted octanol–water partition coefficient (Wildman–Crippen LogP) is 24.4. The van der Waals surface area contributed by atoms with Gasteiger partial charge in [-0.05, 0) is 70.6 Å². The van der Waals surface area contributed by atoms with Gasteiger partial charge < -0.3 is 14.2 Å². The summed E-state index contributed by atoms with van der Waals surface area (Å²) in [6, 6.07) is 0. The van der Waals surface area contributed by atoms with E-state index in [2.05, 4.69) is 93.7 Å². The molecule has 0 aliphatic carbocycles. The van der Waals surface area contributed by atoms with Gasteiger partial charge in [0.15, 0.2) is 6.10 Å². The highest BCUT2D eigenvalue weighted by molar-refractivity contribution is 5.71. The van der Waals surface area contributed by atoms with Gasteiger partial charge in [0.25, 0.3) is 0 Å². The van der Waals surface area contributed by atoms with Crippen LogP contribution in [0, 0.1) is 0 Å². The Hall–Kier alpha value is -3.15. The van der Waals surface area contributed by atoms with Crippen molar-refractivity contribution in [3.8, 4) is 0 Å². The lowest BCUT2D eigenvalue weighted by molar-refractivity contribution is -0.167. The lowest BCUT2D eigenvalue weighted by Crippen LogP contribution is -2.30. The second-order valence-electron chi connectivity index (χ2n) is 23.8. The number of carbonyl (C=O) groups is 3.